The molecule has 1 aromatic heterocycles. The molecule has 0 radical (unpaired) electrons. The summed E-state index contributed by atoms with van der Waals surface area (Å²) in [6, 6.07) is 10.4. The summed E-state index contributed by atoms with van der Waals surface area (Å²) < 4.78 is 23.2. The maximum atomic E-state index is 11.6. The number of sulfone groups is 1. The Hall–Kier alpha value is -2.26. The Balaban J connectivity index is 1.33. The van der Waals surface area contributed by atoms with Crippen LogP contribution in [-0.2, 0) is 16.4 Å². The number of benzene rings is 1. The third-order valence-electron chi connectivity index (χ3n) is 5.04. The smallest absolute Gasteiger partial charge is 0.247 e. The molecule has 0 spiro atoms. The molecule has 1 unspecified atom stereocenters. The molecule has 8 nitrogen and oxygen atoms in total. The van der Waals surface area contributed by atoms with Crippen LogP contribution in [0.5, 0.6) is 0 Å². The summed E-state index contributed by atoms with van der Waals surface area (Å²) in [5.41, 5.74) is 1.32. The molecule has 4 rings (SSSR count). The highest BCUT2D eigenvalue weighted by molar-refractivity contribution is 7.91. The van der Waals surface area contributed by atoms with Gasteiger partial charge in [0, 0.05) is 38.8 Å². The highest BCUT2D eigenvalue weighted by Gasteiger charge is 2.28. The zero-order valence-electron chi connectivity index (χ0n) is 15.2. The van der Waals surface area contributed by atoms with Crippen molar-refractivity contribution in [3.8, 4) is 0 Å². The van der Waals surface area contributed by atoms with Crippen LogP contribution in [0, 0.1) is 0 Å². The Morgan fingerprint density at radius 1 is 1.11 bits per heavy atom. The van der Waals surface area contributed by atoms with Crippen molar-refractivity contribution in [3.63, 3.8) is 0 Å². The lowest BCUT2D eigenvalue weighted by Crippen LogP contribution is -2.46. The minimum absolute atomic E-state index is 0.0951. The fourth-order valence-electron chi connectivity index (χ4n) is 3.56. The van der Waals surface area contributed by atoms with E-state index in [9.17, 15) is 8.42 Å². The zero-order valence-corrected chi connectivity index (χ0v) is 16.0. The molecule has 9 heteroatoms. The lowest BCUT2D eigenvalue weighted by atomic mass is 10.2. The Bertz CT molecular complexity index is 868. The van der Waals surface area contributed by atoms with Gasteiger partial charge in [-0.2, -0.15) is 10.1 Å². The van der Waals surface area contributed by atoms with Crippen molar-refractivity contribution in [1.82, 2.24) is 20.1 Å². The van der Waals surface area contributed by atoms with Gasteiger partial charge in [-0.1, -0.05) is 30.3 Å². The first kappa shape index (κ1) is 18.1. The second-order valence-corrected chi connectivity index (χ2v) is 9.36. The van der Waals surface area contributed by atoms with Gasteiger partial charge in [0.1, 0.15) is 0 Å². The maximum absolute atomic E-state index is 11.6. The molecule has 144 valence electrons. The van der Waals surface area contributed by atoms with Gasteiger partial charge in [0.25, 0.3) is 0 Å². The largest absolute Gasteiger partial charge is 0.365 e. The maximum Gasteiger partial charge on any atom is 0.247 e. The minimum Gasteiger partial charge on any atom is -0.365 e. The molecule has 0 amide bonds. The predicted molar refractivity (Wildman–Crippen MR) is 104 cm³/mol. The van der Waals surface area contributed by atoms with Gasteiger partial charge < -0.3 is 10.2 Å². The van der Waals surface area contributed by atoms with Gasteiger partial charge >= 0.3 is 0 Å². The second-order valence-electron chi connectivity index (χ2n) is 7.13. The van der Waals surface area contributed by atoms with Crippen LogP contribution in [0.25, 0.3) is 0 Å². The summed E-state index contributed by atoms with van der Waals surface area (Å²) in [4.78, 5) is 9.10. The molecule has 2 fully saturated rings. The summed E-state index contributed by atoms with van der Waals surface area (Å²) >= 11 is 0. The topological polar surface area (TPSA) is 91.3 Å². The Morgan fingerprint density at radius 3 is 2.59 bits per heavy atom. The molecular formula is C18H24N6O2S. The zero-order chi connectivity index (χ0) is 18.7. The molecule has 0 bridgehead atoms. The van der Waals surface area contributed by atoms with Gasteiger partial charge in [0.15, 0.2) is 15.7 Å². The van der Waals surface area contributed by atoms with Crippen LogP contribution in [0.1, 0.15) is 12.0 Å². The highest BCUT2D eigenvalue weighted by Crippen LogP contribution is 2.18. The average Bonchev–Trinajstić information content (AvgIpc) is 3.02. The molecule has 2 aromatic rings. The number of nitrogens with one attached hydrogen (secondary N) is 1. The molecule has 2 saturated heterocycles. The lowest BCUT2D eigenvalue weighted by Gasteiger charge is -2.34. The standard InChI is InChI=1S/C18H24N6O2S/c25-27(26)11-6-16(14-27)20-17-12-19-22-18(21-17)24-9-7-23(8-10-24)13-15-4-2-1-3-5-15/h1-5,12,16H,6-11,13-14H2,(H,20,21,22). The Kier molecular flexibility index (Phi) is 5.22. The van der Waals surface area contributed by atoms with Crippen molar-refractivity contribution < 1.29 is 8.42 Å². The molecule has 2 aliphatic heterocycles. The highest BCUT2D eigenvalue weighted by atomic mass is 32.2. The van der Waals surface area contributed by atoms with Crippen LogP contribution in [0.15, 0.2) is 36.5 Å². The van der Waals surface area contributed by atoms with E-state index in [-0.39, 0.29) is 17.5 Å². The van der Waals surface area contributed by atoms with Crippen LogP contribution < -0.4 is 10.2 Å². The Morgan fingerprint density at radius 2 is 1.89 bits per heavy atom. The average molecular weight is 388 g/mol. The summed E-state index contributed by atoms with van der Waals surface area (Å²) in [5, 5.41) is 11.4. The van der Waals surface area contributed by atoms with Crippen LogP contribution in [-0.4, -0.2) is 72.2 Å². The van der Waals surface area contributed by atoms with Gasteiger partial charge in [-0.3, -0.25) is 4.90 Å². The van der Waals surface area contributed by atoms with E-state index in [1.807, 2.05) is 6.07 Å². The quantitative estimate of drug-likeness (QED) is 0.804. The van der Waals surface area contributed by atoms with Crippen molar-refractivity contribution >= 4 is 21.6 Å². The van der Waals surface area contributed by atoms with Crippen LogP contribution in [0.3, 0.4) is 0 Å². The van der Waals surface area contributed by atoms with Gasteiger partial charge in [-0.15, -0.1) is 5.10 Å². The summed E-state index contributed by atoms with van der Waals surface area (Å²) in [6.07, 6.45) is 2.17. The molecule has 0 aliphatic carbocycles. The fraction of sp³-hybridized carbons (Fsp3) is 0.500. The molecule has 1 atom stereocenters. The van der Waals surface area contributed by atoms with E-state index >= 15 is 0 Å². The number of piperazine rings is 1. The van der Waals surface area contributed by atoms with Gasteiger partial charge in [-0.25, -0.2) is 8.42 Å². The summed E-state index contributed by atoms with van der Waals surface area (Å²) in [6.45, 7) is 4.52. The first-order chi connectivity index (χ1) is 13.1. The van der Waals surface area contributed by atoms with E-state index in [1.165, 1.54) is 5.56 Å². The number of hydrogen-bond acceptors (Lipinski definition) is 8. The number of rotatable bonds is 5. The molecular weight excluding hydrogens is 364 g/mol. The van der Waals surface area contributed by atoms with Crippen LogP contribution in [0.4, 0.5) is 11.8 Å². The third-order valence-corrected chi connectivity index (χ3v) is 6.80. The Labute approximate surface area is 159 Å². The first-order valence-electron chi connectivity index (χ1n) is 9.25. The third kappa shape index (κ3) is 4.72. The summed E-state index contributed by atoms with van der Waals surface area (Å²) in [7, 11) is -2.92. The van der Waals surface area contributed by atoms with Gasteiger partial charge in [0.05, 0.1) is 17.7 Å². The van der Waals surface area contributed by atoms with Crippen LogP contribution in [0.2, 0.25) is 0 Å². The van der Waals surface area contributed by atoms with E-state index in [2.05, 4.69) is 54.6 Å². The van der Waals surface area contributed by atoms with E-state index in [4.69, 9.17) is 0 Å². The summed E-state index contributed by atoms with van der Waals surface area (Å²) in [5.74, 6) is 1.58. The van der Waals surface area contributed by atoms with Gasteiger partial charge in [0.2, 0.25) is 5.95 Å². The first-order valence-corrected chi connectivity index (χ1v) is 11.1. The van der Waals surface area contributed by atoms with Crippen LogP contribution >= 0.6 is 0 Å². The predicted octanol–water partition coefficient (Wildman–Crippen LogP) is 0.793. The lowest BCUT2D eigenvalue weighted by molar-refractivity contribution is 0.248. The molecule has 1 aromatic carbocycles. The fourth-order valence-corrected chi connectivity index (χ4v) is 5.24. The van der Waals surface area contributed by atoms with Crippen molar-refractivity contribution in [2.45, 2.75) is 19.0 Å². The number of aromatic nitrogens is 3. The van der Waals surface area contributed by atoms with Gasteiger partial charge in [-0.05, 0) is 12.0 Å². The van der Waals surface area contributed by atoms with Crippen molar-refractivity contribution in [2.24, 2.45) is 0 Å². The molecule has 2 aliphatic rings. The SMILES string of the molecule is O=S1(=O)CCC(Nc2cnnc(N3CCN(Cc4ccccc4)CC3)n2)C1. The van der Waals surface area contributed by atoms with E-state index in [0.717, 1.165) is 32.7 Å². The van der Waals surface area contributed by atoms with Crippen molar-refractivity contribution in [2.75, 3.05) is 47.9 Å². The minimum atomic E-state index is -2.92. The number of nitrogens with zero attached hydrogens (tertiary/aromatic N) is 5. The second kappa shape index (κ2) is 7.77. The molecule has 0 saturated carbocycles. The molecule has 3 heterocycles. The molecule has 27 heavy (non-hydrogen) atoms. The number of anilines is 2. The number of hydrogen-bond donors (Lipinski definition) is 1. The van der Waals surface area contributed by atoms with E-state index in [0.29, 0.717) is 18.2 Å². The van der Waals surface area contributed by atoms with E-state index < -0.39 is 9.84 Å². The van der Waals surface area contributed by atoms with Crippen molar-refractivity contribution in [3.05, 3.63) is 42.1 Å². The van der Waals surface area contributed by atoms with Crippen molar-refractivity contribution in [1.29, 1.82) is 0 Å². The van der Waals surface area contributed by atoms with E-state index in [1.54, 1.807) is 6.20 Å². The molecule has 1 N–H and O–H groups in total. The monoisotopic (exact) mass is 388 g/mol. The normalized spacial score (nSPS) is 22.7.